The molecule has 0 saturated carbocycles. The molecule has 2 aromatic rings. The number of pyridine rings is 1. The maximum Gasteiger partial charge on any atom is 0.259 e. The Morgan fingerprint density at radius 1 is 1.30 bits per heavy atom. The van der Waals surface area contributed by atoms with Crippen LogP contribution in [-0.2, 0) is 0 Å². The number of nitrogens with zero attached hydrogens (tertiary/aromatic N) is 1. The molecule has 0 unspecified atom stereocenters. The quantitative estimate of drug-likeness (QED) is 0.572. The van der Waals surface area contributed by atoms with Crippen molar-refractivity contribution in [2.75, 3.05) is 17.3 Å². The van der Waals surface area contributed by atoms with Crippen molar-refractivity contribution in [2.45, 2.75) is 6.92 Å². The van der Waals surface area contributed by atoms with Gasteiger partial charge in [0.1, 0.15) is 5.75 Å². The van der Waals surface area contributed by atoms with Crippen molar-refractivity contribution in [1.82, 2.24) is 4.98 Å². The van der Waals surface area contributed by atoms with Crippen LogP contribution >= 0.6 is 0 Å². The summed E-state index contributed by atoms with van der Waals surface area (Å²) >= 11 is 0. The monoisotopic (exact) mass is 272 g/mol. The van der Waals surface area contributed by atoms with E-state index in [1.54, 1.807) is 42.6 Å². The van der Waals surface area contributed by atoms with E-state index < -0.39 is 0 Å². The van der Waals surface area contributed by atoms with Crippen molar-refractivity contribution in [2.24, 2.45) is 5.84 Å². The topological polar surface area (TPSA) is 89.3 Å². The Morgan fingerprint density at radius 2 is 2.05 bits per heavy atom. The summed E-state index contributed by atoms with van der Waals surface area (Å²) in [6.45, 7) is 2.52. The van der Waals surface area contributed by atoms with Crippen molar-refractivity contribution < 1.29 is 9.53 Å². The number of rotatable bonds is 5. The van der Waals surface area contributed by atoms with Crippen molar-refractivity contribution in [3.05, 3.63) is 48.2 Å². The number of aromatic nitrogens is 1. The van der Waals surface area contributed by atoms with Gasteiger partial charge in [0.15, 0.2) is 5.82 Å². The first-order chi connectivity index (χ1) is 9.74. The molecule has 0 aliphatic carbocycles. The lowest BCUT2D eigenvalue weighted by atomic mass is 10.2. The van der Waals surface area contributed by atoms with Gasteiger partial charge in [-0.2, -0.15) is 0 Å². The second-order valence-corrected chi connectivity index (χ2v) is 3.96. The summed E-state index contributed by atoms with van der Waals surface area (Å²) in [6, 6.07) is 10.5. The maximum absolute atomic E-state index is 12.1. The van der Waals surface area contributed by atoms with Crippen LogP contribution in [0, 0.1) is 0 Å². The number of ether oxygens (including phenoxy) is 1. The zero-order valence-electron chi connectivity index (χ0n) is 11.1. The zero-order chi connectivity index (χ0) is 14.4. The summed E-state index contributed by atoms with van der Waals surface area (Å²) in [4.78, 5) is 16.1. The SMILES string of the molecule is CCOc1ccc(NC(=O)c2cccnc2NN)cc1. The van der Waals surface area contributed by atoms with Gasteiger partial charge in [-0.1, -0.05) is 0 Å². The number of nitrogens with two attached hydrogens (primary N) is 1. The van der Waals surface area contributed by atoms with Crippen molar-refractivity contribution in [3.8, 4) is 5.75 Å². The van der Waals surface area contributed by atoms with Crippen molar-refractivity contribution in [3.63, 3.8) is 0 Å². The number of hydrogen-bond donors (Lipinski definition) is 3. The number of nitrogens with one attached hydrogen (secondary N) is 2. The predicted octanol–water partition coefficient (Wildman–Crippen LogP) is 2.02. The molecule has 6 heteroatoms. The van der Waals surface area contributed by atoms with E-state index in [1.807, 2.05) is 6.92 Å². The fourth-order valence-electron chi connectivity index (χ4n) is 1.70. The summed E-state index contributed by atoms with van der Waals surface area (Å²) in [6.07, 6.45) is 1.56. The molecule has 0 aliphatic rings. The standard InChI is InChI=1S/C14H16N4O2/c1-2-20-11-7-5-10(6-8-11)17-14(19)12-4-3-9-16-13(12)18-15/h3-9H,2,15H2,1H3,(H,16,18)(H,17,19). The zero-order valence-corrected chi connectivity index (χ0v) is 11.1. The highest BCUT2D eigenvalue weighted by Gasteiger charge is 2.11. The second kappa shape index (κ2) is 6.53. The highest BCUT2D eigenvalue weighted by atomic mass is 16.5. The Morgan fingerprint density at radius 3 is 2.70 bits per heavy atom. The Balaban J connectivity index is 2.11. The lowest BCUT2D eigenvalue weighted by Crippen LogP contribution is -2.18. The van der Waals surface area contributed by atoms with E-state index in [0.29, 0.717) is 23.7 Å². The van der Waals surface area contributed by atoms with Gasteiger partial charge < -0.3 is 15.5 Å². The third-order valence-corrected chi connectivity index (χ3v) is 2.61. The van der Waals surface area contributed by atoms with Crippen molar-refractivity contribution in [1.29, 1.82) is 0 Å². The maximum atomic E-state index is 12.1. The van der Waals surface area contributed by atoms with Gasteiger partial charge in [0.05, 0.1) is 12.2 Å². The normalized spacial score (nSPS) is 9.90. The largest absolute Gasteiger partial charge is 0.494 e. The number of hydrazine groups is 1. The van der Waals surface area contributed by atoms with Gasteiger partial charge in [0.25, 0.3) is 5.91 Å². The van der Waals surface area contributed by atoms with Crippen LogP contribution in [0.15, 0.2) is 42.6 Å². The number of hydrogen-bond acceptors (Lipinski definition) is 5. The first kappa shape index (κ1) is 13.8. The Bertz CT molecular complexity index is 584. The molecule has 4 N–H and O–H groups in total. The first-order valence-corrected chi connectivity index (χ1v) is 6.20. The molecule has 1 amide bonds. The van der Waals surface area contributed by atoms with Crippen molar-refractivity contribution >= 4 is 17.4 Å². The molecule has 0 aliphatic heterocycles. The van der Waals surface area contributed by atoms with Gasteiger partial charge in [-0.05, 0) is 43.3 Å². The number of amides is 1. The first-order valence-electron chi connectivity index (χ1n) is 6.20. The van der Waals surface area contributed by atoms with E-state index in [2.05, 4.69) is 15.7 Å². The fourth-order valence-corrected chi connectivity index (χ4v) is 1.70. The molecule has 0 atom stereocenters. The van der Waals surface area contributed by atoms with Gasteiger partial charge in [-0.3, -0.25) is 4.79 Å². The summed E-state index contributed by atoms with van der Waals surface area (Å²) in [7, 11) is 0. The van der Waals surface area contributed by atoms with Crippen LogP contribution in [0.4, 0.5) is 11.5 Å². The van der Waals surface area contributed by atoms with Crippen LogP contribution in [0.2, 0.25) is 0 Å². The second-order valence-electron chi connectivity index (χ2n) is 3.96. The number of carbonyl (C=O) groups excluding carboxylic acids is 1. The summed E-state index contributed by atoms with van der Waals surface area (Å²) < 4.78 is 5.34. The van der Waals surface area contributed by atoms with Gasteiger partial charge in [-0.15, -0.1) is 0 Å². The third kappa shape index (κ3) is 3.24. The average molecular weight is 272 g/mol. The van der Waals surface area contributed by atoms with E-state index in [9.17, 15) is 4.79 Å². The molecule has 1 heterocycles. The molecule has 2 rings (SSSR count). The van der Waals surface area contributed by atoms with Crippen LogP contribution < -0.4 is 21.3 Å². The molecular formula is C14H16N4O2. The molecule has 6 nitrogen and oxygen atoms in total. The van der Waals surface area contributed by atoms with Crippen LogP contribution in [0.1, 0.15) is 17.3 Å². The predicted molar refractivity (Wildman–Crippen MR) is 77.6 cm³/mol. The molecule has 104 valence electrons. The highest BCUT2D eigenvalue weighted by Crippen LogP contribution is 2.17. The summed E-state index contributed by atoms with van der Waals surface area (Å²) in [5.41, 5.74) is 3.45. The number of carbonyl (C=O) groups is 1. The molecule has 0 saturated heterocycles. The summed E-state index contributed by atoms with van der Waals surface area (Å²) in [5, 5.41) is 2.77. The third-order valence-electron chi connectivity index (χ3n) is 2.61. The summed E-state index contributed by atoms with van der Waals surface area (Å²) in [5.74, 6) is 6.13. The molecule has 0 spiro atoms. The van der Waals surface area contributed by atoms with Gasteiger partial charge >= 0.3 is 0 Å². The smallest absolute Gasteiger partial charge is 0.259 e. The van der Waals surface area contributed by atoms with Gasteiger partial charge in [-0.25, -0.2) is 10.8 Å². The number of anilines is 2. The van der Waals surface area contributed by atoms with Crippen LogP contribution in [0.5, 0.6) is 5.75 Å². The minimum atomic E-state index is -0.282. The molecule has 1 aromatic heterocycles. The average Bonchev–Trinajstić information content (AvgIpc) is 2.49. The Kier molecular flexibility index (Phi) is 4.52. The van der Waals surface area contributed by atoms with Crippen LogP contribution in [0.3, 0.4) is 0 Å². The molecule has 0 bridgehead atoms. The van der Waals surface area contributed by atoms with E-state index in [4.69, 9.17) is 10.6 Å². The number of nitrogen functional groups attached to an aromatic ring is 1. The Hall–Kier alpha value is -2.60. The molecule has 20 heavy (non-hydrogen) atoms. The number of benzene rings is 1. The minimum absolute atomic E-state index is 0.282. The molecule has 0 radical (unpaired) electrons. The Labute approximate surface area is 116 Å². The lowest BCUT2D eigenvalue weighted by Gasteiger charge is -2.09. The fraction of sp³-hybridized carbons (Fsp3) is 0.143. The van der Waals surface area contributed by atoms with E-state index >= 15 is 0 Å². The van der Waals surface area contributed by atoms with E-state index in [-0.39, 0.29) is 5.91 Å². The molecular weight excluding hydrogens is 256 g/mol. The molecule has 1 aromatic carbocycles. The highest BCUT2D eigenvalue weighted by molar-refractivity contribution is 6.07. The lowest BCUT2D eigenvalue weighted by molar-refractivity contribution is 0.102. The van der Waals surface area contributed by atoms with Gasteiger partial charge in [0, 0.05) is 11.9 Å². The van der Waals surface area contributed by atoms with Crippen LogP contribution in [0.25, 0.3) is 0 Å². The van der Waals surface area contributed by atoms with E-state index in [1.165, 1.54) is 0 Å². The van der Waals surface area contributed by atoms with Crippen LogP contribution in [-0.4, -0.2) is 17.5 Å². The van der Waals surface area contributed by atoms with Gasteiger partial charge in [0.2, 0.25) is 0 Å². The minimum Gasteiger partial charge on any atom is -0.494 e. The van der Waals surface area contributed by atoms with E-state index in [0.717, 1.165) is 5.75 Å². The molecule has 0 fully saturated rings.